The van der Waals surface area contributed by atoms with Gasteiger partial charge < -0.3 is 4.74 Å². The molecule has 1 atom stereocenters. The monoisotopic (exact) mass is 289 g/mol. The Labute approximate surface area is 121 Å². The number of nitriles is 1. The highest BCUT2D eigenvalue weighted by molar-refractivity contribution is 7.16. The van der Waals surface area contributed by atoms with Crippen molar-refractivity contribution in [3.8, 4) is 11.8 Å². The molecule has 1 unspecified atom stereocenters. The third-order valence-corrected chi connectivity index (χ3v) is 4.62. The number of ether oxygens (including phenoxy) is 1. The van der Waals surface area contributed by atoms with Crippen molar-refractivity contribution in [2.45, 2.75) is 12.8 Å². The third kappa shape index (κ3) is 2.47. The lowest BCUT2D eigenvalue weighted by atomic mass is 9.78. The van der Waals surface area contributed by atoms with Crippen molar-refractivity contribution in [1.82, 2.24) is 0 Å². The molecule has 2 heterocycles. The van der Waals surface area contributed by atoms with Crippen LogP contribution in [0.5, 0.6) is 5.75 Å². The Morgan fingerprint density at radius 3 is 2.89 bits per heavy atom. The summed E-state index contributed by atoms with van der Waals surface area (Å²) in [6.45, 7) is 0.441. The highest BCUT2D eigenvalue weighted by Gasteiger charge is 2.36. The summed E-state index contributed by atoms with van der Waals surface area (Å²) in [6, 6.07) is 14.3. The molecule has 1 aromatic carbocycles. The molecule has 1 aromatic heterocycles. The zero-order chi connectivity index (χ0) is 13.3. The summed E-state index contributed by atoms with van der Waals surface area (Å²) < 4.78 is 6.52. The van der Waals surface area contributed by atoms with Gasteiger partial charge in [0.15, 0.2) is 0 Å². The minimum Gasteiger partial charge on any atom is -0.492 e. The van der Waals surface area contributed by atoms with Gasteiger partial charge in [-0.25, -0.2) is 0 Å². The molecular formula is C15H12ClNOS. The second-order valence-corrected chi connectivity index (χ2v) is 6.65. The quantitative estimate of drug-likeness (QED) is 0.834. The first-order valence-corrected chi connectivity index (χ1v) is 7.26. The normalized spacial score (nSPS) is 21.3. The number of thiophene rings is 1. The molecule has 1 aliphatic heterocycles. The van der Waals surface area contributed by atoms with Crippen molar-refractivity contribution in [2.75, 3.05) is 6.61 Å². The van der Waals surface area contributed by atoms with Gasteiger partial charge in [-0.05, 0) is 30.2 Å². The molecule has 0 radical (unpaired) electrons. The Kier molecular flexibility index (Phi) is 3.22. The van der Waals surface area contributed by atoms with Crippen LogP contribution in [0.1, 0.15) is 10.4 Å². The van der Waals surface area contributed by atoms with Gasteiger partial charge in [0.05, 0.1) is 10.4 Å². The fraction of sp³-hybridized carbons (Fsp3) is 0.267. The van der Waals surface area contributed by atoms with E-state index in [1.165, 1.54) is 11.3 Å². The summed E-state index contributed by atoms with van der Waals surface area (Å²) in [5, 5.41) is 9.58. The van der Waals surface area contributed by atoms with Gasteiger partial charge in [-0.1, -0.05) is 29.8 Å². The van der Waals surface area contributed by atoms with Gasteiger partial charge >= 0.3 is 0 Å². The number of hydrogen-bond donors (Lipinski definition) is 0. The first kappa shape index (κ1) is 12.5. The molecule has 4 heteroatoms. The lowest BCUT2D eigenvalue weighted by Crippen LogP contribution is -2.35. The Balaban J connectivity index is 1.88. The maximum atomic E-state index is 9.58. The zero-order valence-electron chi connectivity index (χ0n) is 10.2. The number of hydrogen-bond acceptors (Lipinski definition) is 3. The van der Waals surface area contributed by atoms with Gasteiger partial charge in [-0.15, -0.1) is 11.3 Å². The third-order valence-electron chi connectivity index (χ3n) is 3.38. The van der Waals surface area contributed by atoms with E-state index in [9.17, 15) is 5.26 Å². The van der Waals surface area contributed by atoms with E-state index in [1.807, 2.05) is 36.4 Å². The smallest absolute Gasteiger partial charge is 0.122 e. The average molecular weight is 290 g/mol. The molecule has 0 fully saturated rings. The van der Waals surface area contributed by atoms with Gasteiger partial charge in [0.25, 0.3) is 0 Å². The van der Waals surface area contributed by atoms with E-state index in [2.05, 4.69) is 6.07 Å². The van der Waals surface area contributed by atoms with Gasteiger partial charge in [0.2, 0.25) is 0 Å². The van der Waals surface area contributed by atoms with E-state index in [-0.39, 0.29) is 0 Å². The summed E-state index contributed by atoms with van der Waals surface area (Å²) in [6.07, 6.45) is 1.42. The maximum Gasteiger partial charge on any atom is 0.122 e. The molecule has 2 nitrogen and oxygen atoms in total. The molecule has 2 aromatic rings. The van der Waals surface area contributed by atoms with Crippen LogP contribution in [0.2, 0.25) is 4.34 Å². The Hall–Kier alpha value is -1.50. The van der Waals surface area contributed by atoms with Crippen LogP contribution >= 0.6 is 22.9 Å². The number of para-hydroxylation sites is 1. The molecule has 0 N–H and O–H groups in total. The molecular weight excluding hydrogens is 278 g/mol. The summed E-state index contributed by atoms with van der Waals surface area (Å²) in [5.74, 6) is 0.901. The van der Waals surface area contributed by atoms with Crippen LogP contribution in [0.4, 0.5) is 0 Å². The van der Waals surface area contributed by atoms with E-state index in [1.54, 1.807) is 0 Å². The minimum absolute atomic E-state index is 0.441. The van der Waals surface area contributed by atoms with Crippen LogP contribution in [-0.2, 0) is 12.8 Å². The van der Waals surface area contributed by atoms with Gasteiger partial charge in [-0.3, -0.25) is 0 Å². The standard InChI is InChI=1S/C15H12ClNOS/c16-14-6-5-12(19-14)8-15(9-17)7-11-3-1-2-4-13(11)18-10-15/h1-6H,7-8,10H2. The van der Waals surface area contributed by atoms with Crippen LogP contribution < -0.4 is 4.74 Å². The first-order valence-electron chi connectivity index (χ1n) is 6.07. The summed E-state index contributed by atoms with van der Waals surface area (Å²) in [5.41, 5.74) is 0.626. The average Bonchev–Trinajstić information content (AvgIpc) is 2.84. The molecule has 0 aliphatic carbocycles. The fourth-order valence-corrected chi connectivity index (χ4v) is 3.66. The molecule has 0 saturated carbocycles. The molecule has 0 amide bonds. The zero-order valence-corrected chi connectivity index (χ0v) is 11.8. The minimum atomic E-state index is -0.484. The number of nitrogens with zero attached hydrogens (tertiary/aromatic N) is 1. The van der Waals surface area contributed by atoms with Crippen molar-refractivity contribution < 1.29 is 4.74 Å². The number of benzene rings is 1. The first-order chi connectivity index (χ1) is 9.21. The van der Waals surface area contributed by atoms with Gasteiger partial charge in [-0.2, -0.15) is 5.26 Å². The fourth-order valence-electron chi connectivity index (χ4n) is 2.43. The predicted octanol–water partition coefficient (Wildman–Crippen LogP) is 4.09. The van der Waals surface area contributed by atoms with E-state index < -0.39 is 5.41 Å². The van der Waals surface area contributed by atoms with Crippen LogP contribution in [-0.4, -0.2) is 6.61 Å². The molecule has 1 aliphatic rings. The Morgan fingerprint density at radius 1 is 1.32 bits per heavy atom. The van der Waals surface area contributed by atoms with E-state index >= 15 is 0 Å². The largest absolute Gasteiger partial charge is 0.492 e. The second-order valence-electron chi connectivity index (χ2n) is 4.85. The Bertz CT molecular complexity index is 646. The number of rotatable bonds is 2. The van der Waals surface area contributed by atoms with Crippen LogP contribution in [0.15, 0.2) is 36.4 Å². The van der Waals surface area contributed by atoms with E-state index in [4.69, 9.17) is 16.3 Å². The predicted molar refractivity (Wildman–Crippen MR) is 76.7 cm³/mol. The van der Waals surface area contributed by atoms with Crippen LogP contribution in [0.3, 0.4) is 0 Å². The second kappa shape index (κ2) is 4.88. The van der Waals surface area contributed by atoms with Crippen molar-refractivity contribution in [3.05, 3.63) is 51.2 Å². The lowest BCUT2D eigenvalue weighted by molar-refractivity contribution is 0.170. The van der Waals surface area contributed by atoms with Crippen molar-refractivity contribution in [1.29, 1.82) is 5.26 Å². The molecule has 0 spiro atoms. The van der Waals surface area contributed by atoms with Gasteiger partial charge in [0.1, 0.15) is 17.8 Å². The summed E-state index contributed by atoms with van der Waals surface area (Å²) in [7, 11) is 0. The molecule has 3 rings (SSSR count). The van der Waals surface area contributed by atoms with Crippen LogP contribution in [0, 0.1) is 16.7 Å². The van der Waals surface area contributed by atoms with Crippen molar-refractivity contribution in [3.63, 3.8) is 0 Å². The van der Waals surface area contributed by atoms with Crippen molar-refractivity contribution >= 4 is 22.9 Å². The SMILES string of the molecule is N#CC1(Cc2ccc(Cl)s2)COc2ccccc2C1. The topological polar surface area (TPSA) is 33.0 Å². The number of halogens is 1. The molecule has 0 bridgehead atoms. The van der Waals surface area contributed by atoms with Gasteiger partial charge in [0, 0.05) is 11.3 Å². The lowest BCUT2D eigenvalue weighted by Gasteiger charge is -2.32. The number of fused-ring (bicyclic) bond motifs is 1. The van der Waals surface area contributed by atoms with E-state index in [0.717, 1.165) is 26.9 Å². The van der Waals surface area contributed by atoms with Crippen LogP contribution in [0.25, 0.3) is 0 Å². The van der Waals surface area contributed by atoms with Crippen molar-refractivity contribution in [2.24, 2.45) is 5.41 Å². The Morgan fingerprint density at radius 2 is 2.16 bits per heavy atom. The molecule has 19 heavy (non-hydrogen) atoms. The highest BCUT2D eigenvalue weighted by Crippen LogP contribution is 2.38. The highest BCUT2D eigenvalue weighted by atomic mass is 35.5. The summed E-state index contributed by atoms with van der Waals surface area (Å²) >= 11 is 7.49. The molecule has 96 valence electrons. The maximum absolute atomic E-state index is 9.58. The molecule has 0 saturated heterocycles. The van der Waals surface area contributed by atoms with E-state index in [0.29, 0.717) is 13.0 Å². The summed E-state index contributed by atoms with van der Waals surface area (Å²) in [4.78, 5) is 1.13.